The van der Waals surface area contributed by atoms with E-state index in [0.29, 0.717) is 19.4 Å². The molecule has 0 fully saturated rings. The van der Waals surface area contributed by atoms with Gasteiger partial charge in [0.15, 0.2) is 0 Å². The molecule has 0 spiro atoms. The zero-order valence-electron chi connectivity index (χ0n) is 10.9. The number of rotatable bonds is 9. The average Bonchev–Trinajstić information content (AvgIpc) is 2.27. The number of carbonyl (C=O) groups excluding carboxylic acids is 1. The maximum absolute atomic E-state index is 11.7. The molecule has 0 saturated carbocycles. The lowest BCUT2D eigenvalue weighted by Gasteiger charge is -2.17. The maximum Gasteiger partial charge on any atom is 0.326 e. The predicted molar refractivity (Wildman–Crippen MR) is 64.7 cm³/mol. The molecule has 1 amide bonds. The van der Waals surface area contributed by atoms with Crippen LogP contribution in [0.5, 0.6) is 0 Å². The van der Waals surface area contributed by atoms with Crippen LogP contribution in [0.2, 0.25) is 0 Å². The molecule has 0 aliphatic rings. The Hall–Kier alpha value is -1.10. The summed E-state index contributed by atoms with van der Waals surface area (Å²) in [5, 5.41) is 11.5. The van der Waals surface area contributed by atoms with Gasteiger partial charge >= 0.3 is 5.97 Å². The van der Waals surface area contributed by atoms with E-state index in [0.717, 1.165) is 12.8 Å². The Bertz CT molecular complexity index is 243. The molecule has 100 valence electrons. The van der Waals surface area contributed by atoms with Crippen LogP contribution >= 0.6 is 0 Å². The number of hydrogen-bond donors (Lipinski definition) is 2. The molecule has 0 heterocycles. The standard InChI is InChI=1S/C12H23NO4/c1-4-6-9(2)11(14)13-10(12(15)16)7-5-8-17-3/h9-10H,4-8H2,1-3H3,(H,13,14)(H,15,16). The molecular weight excluding hydrogens is 222 g/mol. The van der Waals surface area contributed by atoms with E-state index >= 15 is 0 Å². The fourth-order valence-electron chi connectivity index (χ4n) is 1.57. The Balaban J connectivity index is 4.15. The molecule has 0 aliphatic heterocycles. The van der Waals surface area contributed by atoms with Crippen LogP contribution in [0.1, 0.15) is 39.5 Å². The highest BCUT2D eigenvalue weighted by Gasteiger charge is 2.21. The van der Waals surface area contributed by atoms with E-state index < -0.39 is 12.0 Å². The summed E-state index contributed by atoms with van der Waals surface area (Å²) in [6.07, 6.45) is 2.70. The van der Waals surface area contributed by atoms with Gasteiger partial charge in [0.1, 0.15) is 6.04 Å². The largest absolute Gasteiger partial charge is 0.480 e. The second kappa shape index (κ2) is 8.98. The summed E-state index contributed by atoms with van der Waals surface area (Å²) in [5.41, 5.74) is 0. The molecule has 17 heavy (non-hydrogen) atoms. The van der Waals surface area contributed by atoms with Gasteiger partial charge in [-0.25, -0.2) is 4.79 Å². The van der Waals surface area contributed by atoms with Crippen LogP contribution in [0.3, 0.4) is 0 Å². The molecule has 0 radical (unpaired) electrons. The van der Waals surface area contributed by atoms with Gasteiger partial charge in [0, 0.05) is 19.6 Å². The quantitative estimate of drug-likeness (QED) is 0.602. The van der Waals surface area contributed by atoms with Crippen LogP contribution in [0, 0.1) is 5.92 Å². The minimum absolute atomic E-state index is 0.135. The third kappa shape index (κ3) is 6.94. The van der Waals surface area contributed by atoms with E-state index in [1.54, 1.807) is 7.11 Å². The van der Waals surface area contributed by atoms with Gasteiger partial charge in [-0.05, 0) is 19.3 Å². The van der Waals surface area contributed by atoms with Crippen molar-refractivity contribution < 1.29 is 19.4 Å². The molecular formula is C12H23NO4. The van der Waals surface area contributed by atoms with Gasteiger partial charge in [-0.15, -0.1) is 0 Å². The molecule has 0 aromatic rings. The van der Waals surface area contributed by atoms with Crippen molar-refractivity contribution in [3.63, 3.8) is 0 Å². The summed E-state index contributed by atoms with van der Waals surface area (Å²) >= 11 is 0. The zero-order chi connectivity index (χ0) is 13.3. The molecule has 5 nitrogen and oxygen atoms in total. The Morgan fingerprint density at radius 2 is 2.00 bits per heavy atom. The first-order valence-electron chi connectivity index (χ1n) is 6.05. The maximum atomic E-state index is 11.7. The highest BCUT2D eigenvalue weighted by atomic mass is 16.5. The van der Waals surface area contributed by atoms with Gasteiger partial charge in [-0.3, -0.25) is 4.79 Å². The normalized spacial score (nSPS) is 14.1. The number of methoxy groups -OCH3 is 1. The van der Waals surface area contributed by atoms with Crippen molar-refractivity contribution in [1.82, 2.24) is 5.32 Å². The zero-order valence-corrected chi connectivity index (χ0v) is 10.9. The average molecular weight is 245 g/mol. The number of ether oxygens (including phenoxy) is 1. The van der Waals surface area contributed by atoms with Gasteiger partial charge in [0.2, 0.25) is 5.91 Å². The molecule has 2 N–H and O–H groups in total. The Labute approximate surface area is 103 Å². The topological polar surface area (TPSA) is 75.6 Å². The lowest BCUT2D eigenvalue weighted by molar-refractivity contribution is -0.142. The smallest absolute Gasteiger partial charge is 0.326 e. The number of hydrogen-bond acceptors (Lipinski definition) is 3. The first-order chi connectivity index (χ1) is 8.02. The van der Waals surface area contributed by atoms with E-state index in [1.807, 2.05) is 13.8 Å². The van der Waals surface area contributed by atoms with Crippen LogP contribution in [-0.4, -0.2) is 36.7 Å². The minimum Gasteiger partial charge on any atom is -0.480 e. The second-order valence-electron chi connectivity index (χ2n) is 4.22. The first-order valence-corrected chi connectivity index (χ1v) is 6.05. The van der Waals surface area contributed by atoms with Crippen molar-refractivity contribution in [2.45, 2.75) is 45.6 Å². The summed E-state index contributed by atoms with van der Waals surface area (Å²) in [5.74, 6) is -1.31. The van der Waals surface area contributed by atoms with Gasteiger partial charge in [0.05, 0.1) is 0 Å². The molecule has 0 bridgehead atoms. The van der Waals surface area contributed by atoms with Crippen LogP contribution < -0.4 is 5.32 Å². The summed E-state index contributed by atoms with van der Waals surface area (Å²) < 4.78 is 4.86. The molecule has 2 unspecified atom stereocenters. The Kier molecular flexibility index (Phi) is 8.40. The summed E-state index contributed by atoms with van der Waals surface area (Å²) in [6.45, 7) is 4.31. The molecule has 0 saturated heterocycles. The van der Waals surface area contributed by atoms with E-state index in [1.165, 1.54) is 0 Å². The minimum atomic E-state index is -0.988. The van der Waals surface area contributed by atoms with Gasteiger partial charge in [-0.1, -0.05) is 20.3 Å². The molecule has 5 heteroatoms. The van der Waals surface area contributed by atoms with Crippen LogP contribution in [0.4, 0.5) is 0 Å². The van der Waals surface area contributed by atoms with Gasteiger partial charge in [-0.2, -0.15) is 0 Å². The van der Waals surface area contributed by atoms with Crippen LogP contribution in [0.15, 0.2) is 0 Å². The van der Waals surface area contributed by atoms with Crippen molar-refractivity contribution >= 4 is 11.9 Å². The van der Waals surface area contributed by atoms with E-state index in [2.05, 4.69) is 5.32 Å². The number of carboxylic acid groups (broad SMARTS) is 1. The van der Waals surface area contributed by atoms with E-state index in [4.69, 9.17) is 9.84 Å². The number of carboxylic acids is 1. The third-order valence-electron chi connectivity index (χ3n) is 2.63. The molecule has 0 aliphatic carbocycles. The van der Waals surface area contributed by atoms with Crippen LogP contribution in [0.25, 0.3) is 0 Å². The fourth-order valence-corrected chi connectivity index (χ4v) is 1.57. The van der Waals surface area contributed by atoms with E-state index in [-0.39, 0.29) is 11.8 Å². The second-order valence-corrected chi connectivity index (χ2v) is 4.22. The van der Waals surface area contributed by atoms with Crippen LogP contribution in [-0.2, 0) is 14.3 Å². The number of carbonyl (C=O) groups is 2. The Morgan fingerprint density at radius 3 is 2.47 bits per heavy atom. The highest BCUT2D eigenvalue weighted by Crippen LogP contribution is 2.06. The van der Waals surface area contributed by atoms with Crippen molar-refractivity contribution in [3.8, 4) is 0 Å². The molecule has 0 aromatic heterocycles. The Morgan fingerprint density at radius 1 is 1.35 bits per heavy atom. The monoisotopic (exact) mass is 245 g/mol. The molecule has 0 rings (SSSR count). The van der Waals surface area contributed by atoms with E-state index in [9.17, 15) is 9.59 Å². The van der Waals surface area contributed by atoms with Crippen molar-refractivity contribution in [3.05, 3.63) is 0 Å². The molecule has 2 atom stereocenters. The van der Waals surface area contributed by atoms with Gasteiger partial charge in [0.25, 0.3) is 0 Å². The van der Waals surface area contributed by atoms with Crippen molar-refractivity contribution in [1.29, 1.82) is 0 Å². The predicted octanol–water partition coefficient (Wildman–Crippen LogP) is 1.42. The third-order valence-corrected chi connectivity index (χ3v) is 2.63. The highest BCUT2D eigenvalue weighted by molar-refractivity contribution is 5.84. The summed E-state index contributed by atoms with van der Waals surface area (Å²) in [6, 6.07) is -0.808. The fraction of sp³-hybridized carbons (Fsp3) is 0.833. The summed E-state index contributed by atoms with van der Waals surface area (Å²) in [7, 11) is 1.57. The lowest BCUT2D eigenvalue weighted by atomic mass is 10.0. The van der Waals surface area contributed by atoms with Gasteiger partial charge < -0.3 is 15.2 Å². The van der Waals surface area contributed by atoms with Crippen molar-refractivity contribution in [2.75, 3.05) is 13.7 Å². The molecule has 0 aromatic carbocycles. The number of nitrogens with one attached hydrogen (secondary N) is 1. The van der Waals surface area contributed by atoms with Crippen molar-refractivity contribution in [2.24, 2.45) is 5.92 Å². The number of aliphatic carboxylic acids is 1. The lowest BCUT2D eigenvalue weighted by Crippen LogP contribution is -2.43. The summed E-state index contributed by atoms with van der Waals surface area (Å²) in [4.78, 5) is 22.6. The number of amides is 1. The SMILES string of the molecule is CCCC(C)C(=O)NC(CCCOC)C(=O)O. The first kappa shape index (κ1) is 15.9.